The molecule has 0 bridgehead atoms. The molecule has 20 heavy (non-hydrogen) atoms. The summed E-state index contributed by atoms with van der Waals surface area (Å²) >= 11 is 0. The van der Waals surface area contributed by atoms with E-state index in [-0.39, 0.29) is 30.3 Å². The topological polar surface area (TPSA) is 148 Å². The van der Waals surface area contributed by atoms with E-state index in [1.165, 1.54) is 0 Å². The summed E-state index contributed by atoms with van der Waals surface area (Å²) in [6.45, 7) is 0.457. The van der Waals surface area contributed by atoms with Crippen LogP contribution in [0.25, 0.3) is 0 Å². The third-order valence-corrected chi connectivity index (χ3v) is 2.90. The second kappa shape index (κ2) is 7.51. The third-order valence-electron chi connectivity index (χ3n) is 2.90. The fourth-order valence-corrected chi connectivity index (χ4v) is 1.89. The number of nitro groups is 1. The Bertz CT molecular complexity index is 479. The van der Waals surface area contributed by atoms with Crippen molar-refractivity contribution in [2.24, 2.45) is 0 Å². The molecule has 0 atom stereocenters. The Balaban J connectivity index is 3.14. The summed E-state index contributed by atoms with van der Waals surface area (Å²) in [6.07, 6.45) is 1.27. The molecular formula is C12H20N4O4. The second-order valence-corrected chi connectivity index (χ2v) is 4.35. The Kier molecular flexibility index (Phi) is 6.01. The molecule has 0 saturated heterocycles. The van der Waals surface area contributed by atoms with Gasteiger partial charge in [-0.3, -0.25) is 10.1 Å². The van der Waals surface area contributed by atoms with Gasteiger partial charge < -0.3 is 27.0 Å². The Morgan fingerprint density at radius 3 is 2.40 bits per heavy atom. The number of aryl methyl sites for hydroxylation is 1. The van der Waals surface area contributed by atoms with Crippen LogP contribution in [0.15, 0.2) is 6.07 Å². The predicted octanol–water partition coefficient (Wildman–Crippen LogP) is 0.478. The zero-order valence-electron chi connectivity index (χ0n) is 11.1. The van der Waals surface area contributed by atoms with E-state index in [0.29, 0.717) is 37.1 Å². The average Bonchev–Trinajstić information content (AvgIpc) is 2.41. The fraction of sp³-hybridized carbons (Fsp3) is 0.500. The second-order valence-electron chi connectivity index (χ2n) is 4.35. The highest BCUT2D eigenvalue weighted by Gasteiger charge is 2.22. The van der Waals surface area contributed by atoms with Crippen molar-refractivity contribution in [2.45, 2.75) is 19.3 Å². The minimum absolute atomic E-state index is 0.0345. The molecular weight excluding hydrogens is 264 g/mol. The number of nitro benzene ring substituents is 1. The van der Waals surface area contributed by atoms with Crippen molar-refractivity contribution in [1.82, 2.24) is 0 Å². The zero-order chi connectivity index (χ0) is 15.1. The highest BCUT2D eigenvalue weighted by atomic mass is 16.6. The molecule has 7 N–H and O–H groups in total. The number of nitrogens with two attached hydrogens (primary N) is 2. The molecule has 0 aliphatic rings. The molecule has 112 valence electrons. The molecule has 0 saturated carbocycles. The van der Waals surface area contributed by atoms with Crippen LogP contribution in [0.5, 0.6) is 0 Å². The maximum atomic E-state index is 11.1. The summed E-state index contributed by atoms with van der Waals surface area (Å²) < 4.78 is 0. The number of nitrogen functional groups attached to an aromatic ring is 2. The van der Waals surface area contributed by atoms with Crippen molar-refractivity contribution in [3.05, 3.63) is 21.7 Å². The normalized spacial score (nSPS) is 10.5. The van der Waals surface area contributed by atoms with Crippen LogP contribution in [-0.2, 0) is 6.42 Å². The number of nitrogens with zero attached hydrogens (tertiary/aromatic N) is 1. The largest absolute Gasteiger partial charge is 0.396 e. The maximum Gasteiger partial charge on any atom is 0.297 e. The van der Waals surface area contributed by atoms with E-state index in [0.717, 1.165) is 0 Å². The Morgan fingerprint density at radius 1 is 1.20 bits per heavy atom. The lowest BCUT2D eigenvalue weighted by molar-refractivity contribution is -0.384. The number of aliphatic hydroxyl groups is 2. The average molecular weight is 284 g/mol. The lowest BCUT2D eigenvalue weighted by atomic mass is 10.0. The van der Waals surface area contributed by atoms with E-state index >= 15 is 0 Å². The highest BCUT2D eigenvalue weighted by Crippen LogP contribution is 2.37. The molecule has 0 fully saturated rings. The van der Waals surface area contributed by atoms with Gasteiger partial charge in [0, 0.05) is 25.3 Å². The lowest BCUT2D eigenvalue weighted by Crippen LogP contribution is -2.11. The summed E-state index contributed by atoms with van der Waals surface area (Å²) in [5.41, 5.74) is 12.3. The summed E-state index contributed by atoms with van der Waals surface area (Å²) in [6, 6.07) is 1.58. The van der Waals surface area contributed by atoms with E-state index in [1.807, 2.05) is 0 Å². The molecule has 1 aromatic rings. The number of aliphatic hydroxyl groups excluding tert-OH is 2. The summed E-state index contributed by atoms with van der Waals surface area (Å²) in [4.78, 5) is 10.5. The zero-order valence-corrected chi connectivity index (χ0v) is 11.1. The fourth-order valence-electron chi connectivity index (χ4n) is 1.89. The maximum absolute atomic E-state index is 11.1. The Hall–Kier alpha value is -2.06. The monoisotopic (exact) mass is 284 g/mol. The molecule has 0 amide bonds. The minimum Gasteiger partial charge on any atom is -0.396 e. The van der Waals surface area contributed by atoms with Gasteiger partial charge in [0.2, 0.25) is 0 Å². The SMILES string of the molecule is Nc1c(NCCCO)cc(CCCO)c([N+](=O)[O-])c1N. The number of rotatable bonds is 8. The third kappa shape index (κ3) is 3.72. The first-order valence-corrected chi connectivity index (χ1v) is 6.33. The first-order valence-electron chi connectivity index (χ1n) is 6.33. The van der Waals surface area contributed by atoms with Gasteiger partial charge in [0.15, 0.2) is 0 Å². The van der Waals surface area contributed by atoms with Gasteiger partial charge in [0.25, 0.3) is 5.69 Å². The van der Waals surface area contributed by atoms with E-state index in [9.17, 15) is 10.1 Å². The number of hydrogen-bond acceptors (Lipinski definition) is 7. The highest BCUT2D eigenvalue weighted by molar-refractivity contribution is 5.87. The smallest absolute Gasteiger partial charge is 0.297 e. The van der Waals surface area contributed by atoms with Crippen LogP contribution >= 0.6 is 0 Å². The van der Waals surface area contributed by atoms with Gasteiger partial charge in [0.1, 0.15) is 5.69 Å². The van der Waals surface area contributed by atoms with Gasteiger partial charge in [-0.2, -0.15) is 0 Å². The standard InChI is InChI=1S/C12H20N4O4/c13-10-9(15-4-2-6-18)7-8(3-1-5-17)12(11(10)14)16(19)20/h7,15,17-18H,1-6,13-14H2. The van der Waals surface area contributed by atoms with Crippen LogP contribution in [0.4, 0.5) is 22.7 Å². The van der Waals surface area contributed by atoms with Crippen molar-refractivity contribution >= 4 is 22.7 Å². The van der Waals surface area contributed by atoms with Gasteiger partial charge in [-0.25, -0.2) is 0 Å². The van der Waals surface area contributed by atoms with Gasteiger partial charge >= 0.3 is 0 Å². The molecule has 0 heterocycles. The van der Waals surface area contributed by atoms with Crippen LogP contribution in [0.2, 0.25) is 0 Å². The predicted molar refractivity (Wildman–Crippen MR) is 77.5 cm³/mol. The van der Waals surface area contributed by atoms with E-state index in [4.69, 9.17) is 21.7 Å². The summed E-state index contributed by atoms with van der Waals surface area (Å²) in [7, 11) is 0. The van der Waals surface area contributed by atoms with Gasteiger partial charge in [-0.1, -0.05) is 0 Å². The van der Waals surface area contributed by atoms with Crippen LogP contribution in [0, 0.1) is 10.1 Å². The van der Waals surface area contributed by atoms with Crippen molar-refractivity contribution in [3.8, 4) is 0 Å². The van der Waals surface area contributed by atoms with Crippen LogP contribution in [-0.4, -0.2) is 34.9 Å². The van der Waals surface area contributed by atoms with Gasteiger partial charge in [-0.15, -0.1) is 0 Å². The van der Waals surface area contributed by atoms with Crippen LogP contribution in [0.1, 0.15) is 18.4 Å². The summed E-state index contributed by atoms with van der Waals surface area (Å²) in [5, 5.41) is 31.7. The van der Waals surface area contributed by atoms with Gasteiger partial charge in [-0.05, 0) is 25.3 Å². The molecule has 0 aliphatic heterocycles. The number of benzene rings is 1. The van der Waals surface area contributed by atoms with Crippen molar-refractivity contribution in [3.63, 3.8) is 0 Å². The van der Waals surface area contributed by atoms with Crippen molar-refractivity contribution < 1.29 is 15.1 Å². The molecule has 0 aromatic heterocycles. The number of nitrogens with one attached hydrogen (secondary N) is 1. The molecule has 0 unspecified atom stereocenters. The molecule has 0 aliphatic carbocycles. The molecule has 1 aromatic carbocycles. The lowest BCUT2D eigenvalue weighted by Gasteiger charge is -2.14. The number of hydrogen-bond donors (Lipinski definition) is 5. The van der Waals surface area contributed by atoms with E-state index < -0.39 is 4.92 Å². The van der Waals surface area contributed by atoms with E-state index in [1.54, 1.807) is 6.07 Å². The molecule has 8 nitrogen and oxygen atoms in total. The molecule has 8 heteroatoms. The Labute approximate surface area is 116 Å². The van der Waals surface area contributed by atoms with Crippen molar-refractivity contribution in [1.29, 1.82) is 0 Å². The Morgan fingerprint density at radius 2 is 1.85 bits per heavy atom. The first-order chi connectivity index (χ1) is 9.52. The molecule has 0 radical (unpaired) electrons. The van der Waals surface area contributed by atoms with Crippen LogP contribution in [0.3, 0.4) is 0 Å². The van der Waals surface area contributed by atoms with E-state index in [2.05, 4.69) is 5.32 Å². The quantitative estimate of drug-likeness (QED) is 0.202. The van der Waals surface area contributed by atoms with Crippen LogP contribution < -0.4 is 16.8 Å². The minimum atomic E-state index is -0.560. The number of anilines is 3. The summed E-state index contributed by atoms with van der Waals surface area (Å²) in [5.74, 6) is 0. The first kappa shape index (κ1) is 16.0. The van der Waals surface area contributed by atoms with Gasteiger partial charge in [0.05, 0.1) is 16.3 Å². The molecule has 0 spiro atoms. The molecule has 1 rings (SSSR count). The van der Waals surface area contributed by atoms with Crippen molar-refractivity contribution in [2.75, 3.05) is 36.5 Å².